The molecule has 0 amide bonds. The minimum absolute atomic E-state index is 0.248. The molecule has 76 valence electrons. The second-order valence-electron chi connectivity index (χ2n) is 2.87. The van der Waals surface area contributed by atoms with Crippen molar-refractivity contribution in [3.05, 3.63) is 35.9 Å². The zero-order valence-corrected chi connectivity index (χ0v) is 8.48. The molecule has 0 radical (unpaired) electrons. The average Bonchev–Trinajstić information content (AvgIpc) is 2.65. The zero-order valence-electron chi connectivity index (χ0n) is 7.59. The standard InChI is InChI=1S/C9H11O4P/c10-14(11-6-7-12-14)13-8-9-4-2-1-3-5-9/h1-5H,6-8H2. The van der Waals surface area contributed by atoms with E-state index in [9.17, 15) is 4.57 Å². The Morgan fingerprint density at radius 2 is 1.86 bits per heavy atom. The summed E-state index contributed by atoms with van der Waals surface area (Å²) in [7, 11) is -3.24. The van der Waals surface area contributed by atoms with Crippen LogP contribution in [-0.2, 0) is 24.7 Å². The van der Waals surface area contributed by atoms with E-state index in [0.29, 0.717) is 13.2 Å². The van der Waals surface area contributed by atoms with Gasteiger partial charge in [-0.3, -0.25) is 13.6 Å². The summed E-state index contributed by atoms with van der Waals surface area (Å²) in [5.41, 5.74) is 0.946. The van der Waals surface area contributed by atoms with Crippen LogP contribution in [-0.4, -0.2) is 13.2 Å². The predicted molar refractivity (Wildman–Crippen MR) is 50.7 cm³/mol. The van der Waals surface area contributed by atoms with Gasteiger partial charge < -0.3 is 0 Å². The lowest BCUT2D eigenvalue weighted by molar-refractivity contribution is 0.183. The van der Waals surface area contributed by atoms with Crippen LogP contribution in [0.25, 0.3) is 0 Å². The minimum atomic E-state index is -3.24. The van der Waals surface area contributed by atoms with Crippen LogP contribution in [0.3, 0.4) is 0 Å². The van der Waals surface area contributed by atoms with Gasteiger partial charge >= 0.3 is 7.82 Å². The van der Waals surface area contributed by atoms with E-state index >= 15 is 0 Å². The van der Waals surface area contributed by atoms with Gasteiger partial charge in [0.2, 0.25) is 0 Å². The maximum Gasteiger partial charge on any atom is 0.475 e. The van der Waals surface area contributed by atoms with E-state index in [0.717, 1.165) is 5.56 Å². The lowest BCUT2D eigenvalue weighted by Gasteiger charge is -2.09. The second-order valence-corrected chi connectivity index (χ2v) is 4.54. The van der Waals surface area contributed by atoms with Crippen molar-refractivity contribution in [2.45, 2.75) is 6.61 Å². The van der Waals surface area contributed by atoms with Gasteiger partial charge in [0.25, 0.3) is 0 Å². The third-order valence-electron chi connectivity index (χ3n) is 1.81. The molecule has 0 aromatic heterocycles. The van der Waals surface area contributed by atoms with E-state index in [2.05, 4.69) is 0 Å². The Morgan fingerprint density at radius 1 is 1.21 bits per heavy atom. The highest BCUT2D eigenvalue weighted by atomic mass is 31.2. The number of phosphoric acid groups is 1. The highest BCUT2D eigenvalue weighted by Gasteiger charge is 2.31. The Balaban J connectivity index is 1.91. The zero-order chi connectivity index (χ0) is 9.86. The Hall–Kier alpha value is -0.670. The van der Waals surface area contributed by atoms with Gasteiger partial charge in [-0.05, 0) is 5.56 Å². The first-order valence-electron chi connectivity index (χ1n) is 4.36. The maximum absolute atomic E-state index is 11.5. The van der Waals surface area contributed by atoms with Crippen molar-refractivity contribution in [2.75, 3.05) is 13.2 Å². The van der Waals surface area contributed by atoms with Crippen molar-refractivity contribution in [2.24, 2.45) is 0 Å². The lowest BCUT2D eigenvalue weighted by Crippen LogP contribution is -1.91. The number of phosphoric ester groups is 1. The summed E-state index contributed by atoms with van der Waals surface area (Å²) >= 11 is 0. The van der Waals surface area contributed by atoms with Crippen molar-refractivity contribution in [3.8, 4) is 0 Å². The molecule has 2 rings (SSSR count). The molecule has 1 aromatic rings. The quantitative estimate of drug-likeness (QED) is 0.724. The first-order valence-corrected chi connectivity index (χ1v) is 5.82. The fourth-order valence-electron chi connectivity index (χ4n) is 1.14. The summed E-state index contributed by atoms with van der Waals surface area (Å²) in [6.07, 6.45) is 0. The van der Waals surface area contributed by atoms with Gasteiger partial charge in [-0.15, -0.1) is 0 Å². The van der Waals surface area contributed by atoms with Crippen molar-refractivity contribution in [1.82, 2.24) is 0 Å². The van der Waals surface area contributed by atoms with E-state index < -0.39 is 7.82 Å². The van der Waals surface area contributed by atoms with Crippen LogP contribution in [0.5, 0.6) is 0 Å². The summed E-state index contributed by atoms with van der Waals surface area (Å²) in [6, 6.07) is 9.48. The molecular formula is C9H11O4P. The fourth-order valence-corrected chi connectivity index (χ4v) is 2.26. The molecule has 0 bridgehead atoms. The predicted octanol–water partition coefficient (Wildman–Crippen LogP) is 2.36. The first kappa shape index (κ1) is 9.87. The molecule has 0 atom stereocenters. The highest BCUT2D eigenvalue weighted by molar-refractivity contribution is 7.48. The van der Waals surface area contributed by atoms with E-state index in [-0.39, 0.29) is 6.61 Å². The number of hydrogen-bond acceptors (Lipinski definition) is 4. The van der Waals surface area contributed by atoms with E-state index in [1.807, 2.05) is 30.3 Å². The van der Waals surface area contributed by atoms with Crippen molar-refractivity contribution >= 4 is 7.82 Å². The van der Waals surface area contributed by atoms with E-state index in [4.69, 9.17) is 13.6 Å². The fraction of sp³-hybridized carbons (Fsp3) is 0.333. The lowest BCUT2D eigenvalue weighted by atomic mass is 10.2. The third kappa shape index (κ3) is 2.42. The first-order chi connectivity index (χ1) is 6.79. The molecule has 1 aromatic carbocycles. The average molecular weight is 214 g/mol. The monoisotopic (exact) mass is 214 g/mol. The highest BCUT2D eigenvalue weighted by Crippen LogP contribution is 2.53. The largest absolute Gasteiger partial charge is 0.475 e. The van der Waals surface area contributed by atoms with Crippen LogP contribution >= 0.6 is 7.82 Å². The molecular weight excluding hydrogens is 203 g/mol. The van der Waals surface area contributed by atoms with Crippen LogP contribution in [0.15, 0.2) is 30.3 Å². The smallest absolute Gasteiger partial charge is 0.284 e. The van der Waals surface area contributed by atoms with Crippen LogP contribution in [0.4, 0.5) is 0 Å². The molecule has 0 saturated carbocycles. The summed E-state index contributed by atoms with van der Waals surface area (Å²) in [4.78, 5) is 0. The Labute approximate surface area is 82.4 Å². The molecule has 1 saturated heterocycles. The normalized spacial score (nSPS) is 19.7. The van der Waals surface area contributed by atoms with Crippen LogP contribution in [0.2, 0.25) is 0 Å². The molecule has 4 nitrogen and oxygen atoms in total. The van der Waals surface area contributed by atoms with Gasteiger partial charge in [0.05, 0.1) is 19.8 Å². The van der Waals surface area contributed by atoms with Gasteiger partial charge in [0.15, 0.2) is 0 Å². The molecule has 0 aliphatic carbocycles. The Kier molecular flexibility index (Phi) is 2.99. The van der Waals surface area contributed by atoms with Gasteiger partial charge in [0, 0.05) is 0 Å². The molecule has 0 N–H and O–H groups in total. The molecule has 1 aliphatic rings. The van der Waals surface area contributed by atoms with Crippen LogP contribution in [0, 0.1) is 0 Å². The van der Waals surface area contributed by atoms with E-state index in [1.165, 1.54) is 0 Å². The van der Waals surface area contributed by atoms with Crippen molar-refractivity contribution in [3.63, 3.8) is 0 Å². The third-order valence-corrected chi connectivity index (χ3v) is 3.26. The second kappa shape index (κ2) is 4.24. The number of hydrogen-bond donors (Lipinski definition) is 0. The topological polar surface area (TPSA) is 44.8 Å². The van der Waals surface area contributed by atoms with Crippen LogP contribution < -0.4 is 0 Å². The van der Waals surface area contributed by atoms with E-state index in [1.54, 1.807) is 0 Å². The Morgan fingerprint density at radius 3 is 2.50 bits per heavy atom. The molecule has 1 heterocycles. The molecule has 0 unspecified atom stereocenters. The summed E-state index contributed by atoms with van der Waals surface area (Å²) < 4.78 is 26.4. The Bertz CT molecular complexity index is 328. The minimum Gasteiger partial charge on any atom is -0.284 e. The molecule has 14 heavy (non-hydrogen) atoms. The number of rotatable bonds is 3. The maximum atomic E-state index is 11.5. The molecule has 5 heteroatoms. The van der Waals surface area contributed by atoms with Gasteiger partial charge in [0.1, 0.15) is 0 Å². The van der Waals surface area contributed by atoms with Crippen LogP contribution in [0.1, 0.15) is 5.56 Å². The molecule has 1 aliphatic heterocycles. The summed E-state index contributed by atoms with van der Waals surface area (Å²) in [5.74, 6) is 0. The molecule has 0 spiro atoms. The van der Waals surface area contributed by atoms with Crippen molar-refractivity contribution in [1.29, 1.82) is 0 Å². The van der Waals surface area contributed by atoms with Gasteiger partial charge in [-0.2, -0.15) is 0 Å². The van der Waals surface area contributed by atoms with Gasteiger partial charge in [-0.1, -0.05) is 30.3 Å². The summed E-state index contributed by atoms with van der Waals surface area (Å²) in [6.45, 7) is 0.927. The van der Waals surface area contributed by atoms with Crippen molar-refractivity contribution < 1.29 is 18.1 Å². The molecule has 1 fully saturated rings. The number of benzene rings is 1. The summed E-state index contributed by atoms with van der Waals surface area (Å²) in [5, 5.41) is 0. The SMILES string of the molecule is O=P1(OCc2ccccc2)OCCO1. The van der Waals surface area contributed by atoms with Gasteiger partial charge in [-0.25, -0.2) is 4.57 Å².